The third kappa shape index (κ3) is 11.8. The van der Waals surface area contributed by atoms with Gasteiger partial charge in [0.2, 0.25) is 0 Å². The first-order chi connectivity index (χ1) is 34.0. The Morgan fingerprint density at radius 2 is 1.47 bits per heavy atom. The van der Waals surface area contributed by atoms with Gasteiger partial charge in [0.15, 0.2) is 12.2 Å². The summed E-state index contributed by atoms with van der Waals surface area (Å²) in [6, 6.07) is 41.1. The molecule has 3 aliphatic rings. The van der Waals surface area contributed by atoms with Crippen LogP contribution in [0.25, 0.3) is 11.0 Å². The van der Waals surface area contributed by atoms with Crippen LogP contribution in [0.4, 0.5) is 0 Å². The fourth-order valence-electron chi connectivity index (χ4n) is 10.5. The maximum Gasteiger partial charge on any atom is 0.340 e. The van der Waals surface area contributed by atoms with E-state index in [4.69, 9.17) is 23.4 Å². The van der Waals surface area contributed by atoms with Crippen LogP contribution in [0.1, 0.15) is 121 Å². The number of hydrogen-bond acceptors (Lipinski definition) is 10. The molecule has 6 aromatic rings. The highest BCUT2D eigenvalue weighted by Gasteiger charge is 2.53. The highest BCUT2D eigenvalue weighted by molar-refractivity contribution is 5.90. The maximum atomic E-state index is 15.0. The Hall–Kier alpha value is -6.33. The molecule has 9 rings (SSSR count). The van der Waals surface area contributed by atoms with Crippen LogP contribution in [0.15, 0.2) is 142 Å². The van der Waals surface area contributed by atoms with E-state index < -0.39 is 47.9 Å². The van der Waals surface area contributed by atoms with Crippen molar-refractivity contribution in [3.05, 3.63) is 193 Å². The topological polar surface area (TPSA) is 142 Å². The minimum atomic E-state index is -1.28. The van der Waals surface area contributed by atoms with Crippen LogP contribution < -0.4 is 10.4 Å². The van der Waals surface area contributed by atoms with Gasteiger partial charge in [-0.15, -0.1) is 0 Å². The molecule has 0 fully saturated rings. The second-order valence-electron chi connectivity index (χ2n) is 19.5. The first-order valence-electron chi connectivity index (χ1n) is 24.8. The predicted octanol–water partition coefficient (Wildman–Crippen LogP) is 10.8. The monoisotopic (exact) mass is 946 g/mol. The number of rotatable bonds is 15. The molecule has 10 heteroatoms. The molecule has 0 saturated carbocycles. The van der Waals surface area contributed by atoms with Crippen molar-refractivity contribution in [2.24, 2.45) is 5.92 Å². The molecule has 4 heterocycles. The number of ether oxygens (including phenoxy) is 4. The van der Waals surface area contributed by atoms with Crippen LogP contribution in [0, 0.1) is 5.92 Å². The van der Waals surface area contributed by atoms with E-state index in [2.05, 4.69) is 84.9 Å². The number of aliphatic hydroxyl groups is 2. The zero-order chi connectivity index (χ0) is 49.2. The zero-order valence-electron chi connectivity index (χ0n) is 40.9. The van der Waals surface area contributed by atoms with Gasteiger partial charge in [-0.05, 0) is 142 Å². The van der Waals surface area contributed by atoms with Crippen molar-refractivity contribution < 1.29 is 43.2 Å². The van der Waals surface area contributed by atoms with Crippen LogP contribution in [0.5, 0.6) is 5.75 Å². The number of aliphatic hydroxyl groups excluding tert-OH is 2. The summed E-state index contributed by atoms with van der Waals surface area (Å²) in [7, 11) is 1.51. The molecule has 10 nitrogen and oxygen atoms in total. The number of carbonyl (C=O) groups is 2. The molecule has 3 aliphatic heterocycles. The van der Waals surface area contributed by atoms with E-state index in [0.29, 0.717) is 60.8 Å². The Morgan fingerprint density at radius 3 is 2.17 bits per heavy atom. The Morgan fingerprint density at radius 1 is 0.771 bits per heavy atom. The molecular formula is C60H66O10. The van der Waals surface area contributed by atoms with Gasteiger partial charge >= 0.3 is 17.6 Å². The largest absolute Gasteiger partial charge is 0.483 e. The lowest BCUT2D eigenvalue weighted by atomic mass is 9.81. The van der Waals surface area contributed by atoms with E-state index in [0.717, 1.165) is 41.5 Å². The molecule has 5 aromatic carbocycles. The van der Waals surface area contributed by atoms with Gasteiger partial charge in [-0.25, -0.2) is 9.59 Å². The van der Waals surface area contributed by atoms with Crippen LogP contribution in [0.3, 0.4) is 0 Å². The summed E-state index contributed by atoms with van der Waals surface area (Å²) in [5.74, 6) is -1.44. The number of benzene rings is 5. The number of aryl methyl sites for hydroxylation is 3. The minimum absolute atomic E-state index is 0.0589. The van der Waals surface area contributed by atoms with Crippen molar-refractivity contribution in [3.63, 3.8) is 0 Å². The summed E-state index contributed by atoms with van der Waals surface area (Å²) >= 11 is 0. The Balaban J connectivity index is 1.22. The molecule has 0 radical (unpaired) electrons. The molecule has 0 amide bonds. The van der Waals surface area contributed by atoms with Crippen LogP contribution in [0.2, 0.25) is 0 Å². The third-order valence-corrected chi connectivity index (χ3v) is 14.2. The molecule has 70 heavy (non-hydrogen) atoms. The van der Waals surface area contributed by atoms with Gasteiger partial charge in [-0.1, -0.05) is 115 Å². The average Bonchev–Trinajstić information content (AvgIpc) is 3.34. The van der Waals surface area contributed by atoms with Gasteiger partial charge in [0.25, 0.3) is 0 Å². The van der Waals surface area contributed by atoms with Crippen molar-refractivity contribution in [3.8, 4) is 5.75 Å². The van der Waals surface area contributed by atoms with Crippen molar-refractivity contribution >= 4 is 22.9 Å². The third-order valence-electron chi connectivity index (χ3n) is 14.2. The predicted molar refractivity (Wildman–Crippen MR) is 271 cm³/mol. The number of methoxy groups -OCH3 is 1. The summed E-state index contributed by atoms with van der Waals surface area (Å²) in [4.78, 5) is 44.0. The van der Waals surface area contributed by atoms with Crippen molar-refractivity contribution in [1.29, 1.82) is 0 Å². The quantitative estimate of drug-likeness (QED) is 0.0580. The summed E-state index contributed by atoms with van der Waals surface area (Å²) in [6.07, 6.45) is 3.49. The first-order valence-corrected chi connectivity index (χ1v) is 24.8. The molecule has 366 valence electrons. The van der Waals surface area contributed by atoms with Crippen molar-refractivity contribution in [2.75, 3.05) is 20.3 Å². The van der Waals surface area contributed by atoms with Crippen LogP contribution in [-0.2, 0) is 62.5 Å². The molecule has 0 spiro atoms. The molecule has 2 N–H and O–H groups in total. The minimum Gasteiger partial charge on any atom is -0.483 e. The molecule has 5 atom stereocenters. The Labute approximate surface area is 411 Å². The standard InChI is InChI=1S/C60H66O10/c1-39(2)48-27-26-41-20-22-44(23-21-41)35-46(25-24-43-17-11-18-45(34-43)33-42-15-9-6-10-16-42)36-52(63)67-56-54-51(70-60(3,57(56)69-58(48)64)31-12-19-40-13-7-5-8-14-40)29-28-49-50(37-62)53(59(65)68-55(49)54)47(30-32-61)38-66-4/h5-11,13-18,20-23,28-29,34,46-47,56-57,61-62H,12,19,24-27,30-33,35-38H2,1-4H3. The normalized spacial score (nSPS) is 20.0. The number of carbonyl (C=O) groups excluding carboxylic acids is 2. The fraction of sp³-hybridized carbons (Fsp3) is 0.383. The summed E-state index contributed by atoms with van der Waals surface area (Å²) in [6.45, 7) is 5.04. The van der Waals surface area contributed by atoms with Gasteiger partial charge in [-0.2, -0.15) is 0 Å². The molecule has 2 bridgehead atoms. The second kappa shape index (κ2) is 23.1. The lowest BCUT2D eigenvalue weighted by Gasteiger charge is -2.45. The fourth-order valence-corrected chi connectivity index (χ4v) is 10.5. The summed E-state index contributed by atoms with van der Waals surface area (Å²) in [5, 5.41) is 21.4. The first kappa shape index (κ1) is 50.1. The van der Waals surface area contributed by atoms with Gasteiger partial charge in [0, 0.05) is 42.6 Å². The van der Waals surface area contributed by atoms with Crippen molar-refractivity contribution in [1.82, 2.24) is 0 Å². The zero-order valence-corrected chi connectivity index (χ0v) is 40.9. The van der Waals surface area contributed by atoms with Crippen molar-refractivity contribution in [2.45, 2.75) is 122 Å². The average molecular weight is 947 g/mol. The number of fused-ring (bicyclic) bond motifs is 13. The van der Waals surface area contributed by atoms with E-state index in [1.54, 1.807) is 12.1 Å². The maximum absolute atomic E-state index is 15.0. The van der Waals surface area contributed by atoms with Gasteiger partial charge < -0.3 is 33.6 Å². The van der Waals surface area contributed by atoms with E-state index >= 15 is 0 Å². The van der Waals surface area contributed by atoms with E-state index in [9.17, 15) is 24.6 Å². The number of esters is 2. The molecule has 5 unspecified atom stereocenters. The van der Waals surface area contributed by atoms with Gasteiger partial charge in [-0.3, -0.25) is 4.79 Å². The Bertz CT molecular complexity index is 2820. The lowest BCUT2D eigenvalue weighted by Crippen LogP contribution is -2.54. The van der Waals surface area contributed by atoms with E-state index in [-0.39, 0.29) is 48.7 Å². The highest BCUT2D eigenvalue weighted by Crippen LogP contribution is 2.49. The van der Waals surface area contributed by atoms with Gasteiger partial charge in [0.1, 0.15) is 16.9 Å². The smallest absolute Gasteiger partial charge is 0.340 e. The Kier molecular flexibility index (Phi) is 16.5. The summed E-state index contributed by atoms with van der Waals surface area (Å²) in [5.41, 5.74) is 7.13. The van der Waals surface area contributed by atoms with Gasteiger partial charge in [0.05, 0.1) is 18.8 Å². The SMILES string of the molecule is COCC(CCO)c1c(CO)c2ccc3c(c2oc1=O)C1OC(=O)CC(CCc2cccc(Cc4ccccc4)c2)Cc2ccc(cc2)CCC(=C(C)C)C(=O)OC1C(C)(CCCc1ccccc1)O3. The summed E-state index contributed by atoms with van der Waals surface area (Å²) < 4.78 is 32.2. The van der Waals surface area contributed by atoms with Crippen LogP contribution >= 0.6 is 0 Å². The molecule has 0 aliphatic carbocycles. The molecule has 0 saturated heterocycles. The lowest BCUT2D eigenvalue weighted by molar-refractivity contribution is -0.192. The van der Waals surface area contributed by atoms with E-state index in [1.165, 1.54) is 23.8 Å². The number of allylic oxidation sites excluding steroid dienone is 1. The highest BCUT2D eigenvalue weighted by atomic mass is 16.6. The number of hydrogen-bond donors (Lipinski definition) is 2. The van der Waals surface area contributed by atoms with E-state index in [1.807, 2.05) is 45.0 Å². The molecular weight excluding hydrogens is 881 g/mol. The molecule has 1 aromatic heterocycles. The van der Waals surface area contributed by atoms with Crippen LogP contribution in [-0.4, -0.2) is 54.2 Å². The second-order valence-corrected chi connectivity index (χ2v) is 19.5.